The van der Waals surface area contributed by atoms with E-state index in [1.54, 1.807) is 6.20 Å². The monoisotopic (exact) mass is 276 g/mol. The van der Waals surface area contributed by atoms with E-state index >= 15 is 0 Å². The number of hydrogen-bond donors (Lipinski definition) is 2. The number of carbonyl (C=O) groups is 1. The zero-order valence-electron chi connectivity index (χ0n) is 12.4. The first-order valence-electron chi connectivity index (χ1n) is 7.35. The van der Waals surface area contributed by atoms with Crippen LogP contribution in [0.2, 0.25) is 0 Å². The van der Waals surface area contributed by atoms with Crippen molar-refractivity contribution < 1.29 is 4.79 Å². The van der Waals surface area contributed by atoms with Crippen LogP contribution in [0.4, 0.5) is 5.69 Å². The van der Waals surface area contributed by atoms with Gasteiger partial charge < -0.3 is 15.5 Å². The van der Waals surface area contributed by atoms with Gasteiger partial charge in [-0.1, -0.05) is 0 Å². The van der Waals surface area contributed by atoms with Gasteiger partial charge in [0.25, 0.3) is 5.91 Å². The number of amides is 1. The Morgan fingerprint density at radius 1 is 1.55 bits per heavy atom. The van der Waals surface area contributed by atoms with E-state index in [-0.39, 0.29) is 5.91 Å². The minimum atomic E-state index is -0.117. The topological polar surface area (TPSA) is 57.3 Å². The van der Waals surface area contributed by atoms with Crippen molar-refractivity contribution in [2.24, 2.45) is 5.92 Å². The molecule has 1 unspecified atom stereocenters. The number of nitrogens with zero attached hydrogens (tertiary/aromatic N) is 2. The Bertz CT molecular complexity index is 449. The van der Waals surface area contributed by atoms with E-state index in [2.05, 4.69) is 27.6 Å². The molecule has 0 radical (unpaired) electrons. The molecule has 5 heteroatoms. The highest BCUT2D eigenvalue weighted by molar-refractivity contribution is 5.93. The summed E-state index contributed by atoms with van der Waals surface area (Å²) in [6, 6.07) is 3.73. The lowest BCUT2D eigenvalue weighted by molar-refractivity contribution is 0.0951. The van der Waals surface area contributed by atoms with E-state index in [4.69, 9.17) is 0 Å². The van der Waals surface area contributed by atoms with Crippen molar-refractivity contribution in [3.05, 3.63) is 24.0 Å². The first-order chi connectivity index (χ1) is 9.69. The van der Waals surface area contributed by atoms with Crippen molar-refractivity contribution in [3.63, 3.8) is 0 Å². The molecule has 5 nitrogen and oxygen atoms in total. The molecule has 20 heavy (non-hydrogen) atoms. The Balaban J connectivity index is 1.89. The second-order valence-electron chi connectivity index (χ2n) is 5.44. The van der Waals surface area contributed by atoms with Gasteiger partial charge in [0.05, 0.1) is 0 Å². The van der Waals surface area contributed by atoms with Crippen molar-refractivity contribution in [1.82, 2.24) is 15.2 Å². The van der Waals surface area contributed by atoms with Crippen molar-refractivity contribution >= 4 is 11.6 Å². The molecule has 1 aromatic rings. The molecule has 1 aliphatic heterocycles. The van der Waals surface area contributed by atoms with Crippen molar-refractivity contribution in [2.45, 2.75) is 19.8 Å². The Hall–Kier alpha value is -1.62. The Morgan fingerprint density at radius 3 is 3.15 bits per heavy atom. The fourth-order valence-corrected chi connectivity index (χ4v) is 2.62. The van der Waals surface area contributed by atoms with E-state index in [1.807, 2.05) is 19.1 Å². The summed E-state index contributed by atoms with van der Waals surface area (Å²) in [5.41, 5.74) is 1.44. The van der Waals surface area contributed by atoms with Crippen LogP contribution in [0.25, 0.3) is 0 Å². The highest BCUT2D eigenvalue weighted by Gasteiger charge is 2.16. The number of pyridine rings is 1. The van der Waals surface area contributed by atoms with E-state index in [9.17, 15) is 4.79 Å². The van der Waals surface area contributed by atoms with Crippen molar-refractivity contribution in [1.29, 1.82) is 0 Å². The predicted octanol–water partition coefficient (Wildman–Crippen LogP) is 1.58. The van der Waals surface area contributed by atoms with Crippen LogP contribution in [0, 0.1) is 5.92 Å². The van der Waals surface area contributed by atoms with Gasteiger partial charge in [0, 0.05) is 31.5 Å². The smallest absolute Gasteiger partial charge is 0.269 e. The number of anilines is 1. The zero-order valence-corrected chi connectivity index (χ0v) is 12.4. The standard InChI is InChI=1S/C15H24N4O/c1-3-16-15(20)14-9-13(6-7-17-14)18-10-12-5-4-8-19(2)11-12/h6-7,9,12H,3-5,8,10-11H2,1-2H3,(H,16,20)(H,17,18). The van der Waals surface area contributed by atoms with Crippen LogP contribution in [0.5, 0.6) is 0 Å². The molecule has 1 atom stereocenters. The van der Waals surface area contributed by atoms with Crippen LogP contribution in [0.15, 0.2) is 18.3 Å². The molecule has 1 aliphatic rings. The SMILES string of the molecule is CCNC(=O)c1cc(NCC2CCCN(C)C2)ccn1. The quantitative estimate of drug-likeness (QED) is 0.857. The maximum Gasteiger partial charge on any atom is 0.269 e. The van der Waals surface area contributed by atoms with Crippen LogP contribution in [0.3, 0.4) is 0 Å². The molecule has 1 aromatic heterocycles. The molecule has 1 saturated heterocycles. The Labute approximate surface area is 120 Å². The maximum atomic E-state index is 11.7. The second-order valence-corrected chi connectivity index (χ2v) is 5.44. The molecular formula is C15H24N4O. The third kappa shape index (κ3) is 4.20. The molecule has 0 saturated carbocycles. The molecular weight excluding hydrogens is 252 g/mol. The number of nitrogens with one attached hydrogen (secondary N) is 2. The summed E-state index contributed by atoms with van der Waals surface area (Å²) in [4.78, 5) is 18.2. The molecule has 0 bridgehead atoms. The zero-order chi connectivity index (χ0) is 14.4. The van der Waals surface area contributed by atoms with Crippen LogP contribution in [-0.4, -0.2) is 49.0 Å². The van der Waals surface area contributed by atoms with Gasteiger partial charge in [-0.2, -0.15) is 0 Å². The molecule has 0 aliphatic carbocycles. The van der Waals surface area contributed by atoms with Gasteiger partial charge in [0.2, 0.25) is 0 Å². The van der Waals surface area contributed by atoms with Gasteiger partial charge >= 0.3 is 0 Å². The molecule has 110 valence electrons. The summed E-state index contributed by atoms with van der Waals surface area (Å²) >= 11 is 0. The van der Waals surface area contributed by atoms with Crippen molar-refractivity contribution in [3.8, 4) is 0 Å². The molecule has 2 rings (SSSR count). The number of likely N-dealkylation sites (tertiary alicyclic amines) is 1. The van der Waals surface area contributed by atoms with E-state index in [1.165, 1.54) is 19.4 Å². The van der Waals surface area contributed by atoms with Gasteiger partial charge in [0.1, 0.15) is 5.69 Å². The number of piperidine rings is 1. The highest BCUT2D eigenvalue weighted by atomic mass is 16.1. The predicted molar refractivity (Wildman–Crippen MR) is 81.0 cm³/mol. The minimum absolute atomic E-state index is 0.117. The summed E-state index contributed by atoms with van der Waals surface area (Å²) in [7, 11) is 2.17. The van der Waals surface area contributed by atoms with Crippen molar-refractivity contribution in [2.75, 3.05) is 38.5 Å². The number of hydrogen-bond acceptors (Lipinski definition) is 4. The average Bonchev–Trinajstić information content (AvgIpc) is 2.46. The average molecular weight is 276 g/mol. The summed E-state index contributed by atoms with van der Waals surface area (Å²) < 4.78 is 0. The Kier molecular flexibility index (Phi) is 5.35. The van der Waals surface area contributed by atoms with Crippen LogP contribution in [-0.2, 0) is 0 Å². The molecule has 2 N–H and O–H groups in total. The first-order valence-corrected chi connectivity index (χ1v) is 7.35. The van der Waals surface area contributed by atoms with Gasteiger partial charge in [-0.05, 0) is 51.4 Å². The molecule has 0 spiro atoms. The normalized spacial score (nSPS) is 19.6. The molecule has 2 heterocycles. The van der Waals surface area contributed by atoms with Crippen LogP contribution in [0.1, 0.15) is 30.3 Å². The fourth-order valence-electron chi connectivity index (χ4n) is 2.62. The Morgan fingerprint density at radius 2 is 2.40 bits per heavy atom. The van der Waals surface area contributed by atoms with Crippen LogP contribution >= 0.6 is 0 Å². The van der Waals surface area contributed by atoms with E-state index < -0.39 is 0 Å². The summed E-state index contributed by atoms with van der Waals surface area (Å²) in [6.45, 7) is 5.81. The lowest BCUT2D eigenvalue weighted by Crippen LogP contribution is -2.35. The summed E-state index contributed by atoms with van der Waals surface area (Å²) in [5.74, 6) is 0.559. The number of carbonyl (C=O) groups excluding carboxylic acids is 1. The molecule has 0 aromatic carbocycles. The maximum absolute atomic E-state index is 11.7. The van der Waals surface area contributed by atoms with E-state index in [0.717, 1.165) is 18.8 Å². The molecule has 1 amide bonds. The van der Waals surface area contributed by atoms with Gasteiger partial charge in [-0.15, -0.1) is 0 Å². The number of rotatable bonds is 5. The highest BCUT2D eigenvalue weighted by Crippen LogP contribution is 2.16. The summed E-state index contributed by atoms with van der Waals surface area (Å²) in [6.07, 6.45) is 4.22. The third-order valence-electron chi connectivity index (χ3n) is 3.65. The van der Waals surface area contributed by atoms with Gasteiger partial charge in [0.15, 0.2) is 0 Å². The van der Waals surface area contributed by atoms with Gasteiger partial charge in [-0.25, -0.2) is 0 Å². The number of aromatic nitrogens is 1. The third-order valence-corrected chi connectivity index (χ3v) is 3.65. The lowest BCUT2D eigenvalue weighted by atomic mass is 9.98. The fraction of sp³-hybridized carbons (Fsp3) is 0.600. The molecule has 1 fully saturated rings. The largest absolute Gasteiger partial charge is 0.385 e. The first kappa shape index (κ1) is 14.8. The summed E-state index contributed by atoms with van der Waals surface area (Å²) in [5, 5.41) is 6.19. The van der Waals surface area contributed by atoms with Crippen LogP contribution < -0.4 is 10.6 Å². The lowest BCUT2D eigenvalue weighted by Gasteiger charge is -2.29. The minimum Gasteiger partial charge on any atom is -0.385 e. The second kappa shape index (κ2) is 7.24. The van der Waals surface area contributed by atoms with Gasteiger partial charge in [-0.3, -0.25) is 9.78 Å². The van der Waals surface area contributed by atoms with E-state index in [0.29, 0.717) is 18.2 Å².